The van der Waals surface area contributed by atoms with E-state index < -0.39 is 6.10 Å². The number of aliphatic hydroxyl groups is 1. The molecule has 1 aromatic rings. The average Bonchev–Trinajstić information content (AvgIpc) is 2.47. The molecule has 0 amide bonds. The Bertz CT molecular complexity index is 446. The Hall–Kier alpha value is -0.660. The number of β-amino-alcohol motifs (C(OH)–C–C–N with tert-alkyl or cyclic N) is 1. The number of aliphatic hydroxyl groups excluding tert-OH is 1. The van der Waals surface area contributed by atoms with Crippen LogP contribution in [0.3, 0.4) is 0 Å². The van der Waals surface area contributed by atoms with Crippen LogP contribution in [0.4, 0.5) is 0 Å². The third kappa shape index (κ3) is 7.18. The van der Waals surface area contributed by atoms with Crippen molar-refractivity contribution in [3.05, 3.63) is 28.7 Å². The summed E-state index contributed by atoms with van der Waals surface area (Å²) in [5, 5.41) is 10.1. The van der Waals surface area contributed by atoms with E-state index in [2.05, 4.69) is 34.7 Å². The van der Waals surface area contributed by atoms with Crippen LogP contribution < -0.4 is 4.74 Å². The van der Waals surface area contributed by atoms with Crippen molar-refractivity contribution in [2.24, 2.45) is 0 Å². The number of halogens is 1. The van der Waals surface area contributed by atoms with Crippen LogP contribution in [0, 0.1) is 0 Å². The van der Waals surface area contributed by atoms with E-state index in [0.717, 1.165) is 23.3 Å². The summed E-state index contributed by atoms with van der Waals surface area (Å²) < 4.78 is 17.8. The molecule has 1 aliphatic rings. The van der Waals surface area contributed by atoms with Gasteiger partial charge in [-0.15, -0.1) is 0 Å². The van der Waals surface area contributed by atoms with Gasteiger partial charge < -0.3 is 19.3 Å². The number of hydrogen-bond donors (Lipinski definition) is 1. The third-order valence-electron chi connectivity index (χ3n) is 3.58. The highest BCUT2D eigenvalue weighted by atomic mass is 79.9. The third-order valence-corrected chi connectivity index (χ3v) is 4.11. The van der Waals surface area contributed by atoms with E-state index >= 15 is 0 Å². The molecular formula is C17H26BrNO4. The van der Waals surface area contributed by atoms with Crippen LogP contribution in [0.5, 0.6) is 5.75 Å². The van der Waals surface area contributed by atoms with Crippen molar-refractivity contribution >= 4 is 15.9 Å². The van der Waals surface area contributed by atoms with Gasteiger partial charge in [-0.05, 0) is 38.1 Å². The molecule has 0 unspecified atom stereocenters. The Morgan fingerprint density at radius 3 is 2.52 bits per heavy atom. The van der Waals surface area contributed by atoms with E-state index in [1.54, 1.807) is 0 Å². The molecule has 2 rings (SSSR count). The highest BCUT2D eigenvalue weighted by Crippen LogP contribution is 2.16. The van der Waals surface area contributed by atoms with Crippen LogP contribution in [0.15, 0.2) is 28.7 Å². The summed E-state index contributed by atoms with van der Waals surface area (Å²) in [4.78, 5) is 2.23. The summed E-state index contributed by atoms with van der Waals surface area (Å²) in [6, 6.07) is 7.67. The van der Waals surface area contributed by atoms with Crippen molar-refractivity contribution in [3.8, 4) is 5.75 Å². The molecule has 0 bridgehead atoms. The van der Waals surface area contributed by atoms with Crippen LogP contribution in [0.25, 0.3) is 0 Å². The number of rotatable bonds is 8. The predicted molar refractivity (Wildman–Crippen MR) is 92.9 cm³/mol. The fraction of sp³-hybridized carbons (Fsp3) is 0.647. The van der Waals surface area contributed by atoms with E-state index in [1.807, 2.05) is 24.3 Å². The molecule has 0 saturated carbocycles. The second kappa shape index (κ2) is 9.59. The fourth-order valence-electron chi connectivity index (χ4n) is 2.75. The van der Waals surface area contributed by atoms with Crippen LogP contribution in [0.2, 0.25) is 0 Å². The Morgan fingerprint density at radius 2 is 1.87 bits per heavy atom. The summed E-state index contributed by atoms with van der Waals surface area (Å²) in [7, 11) is 0. The second-order valence-corrected chi connectivity index (χ2v) is 6.92. The molecule has 0 aromatic heterocycles. The molecule has 1 heterocycles. The minimum atomic E-state index is -0.486. The molecule has 1 N–H and O–H groups in total. The Labute approximate surface area is 146 Å². The Balaban J connectivity index is 1.56. The lowest BCUT2D eigenvalue weighted by molar-refractivity contribution is -0.0824. The van der Waals surface area contributed by atoms with Gasteiger partial charge in [0.25, 0.3) is 0 Å². The molecule has 0 spiro atoms. The quantitative estimate of drug-likeness (QED) is 0.693. The first-order chi connectivity index (χ1) is 11.0. The summed E-state index contributed by atoms with van der Waals surface area (Å²) in [5.41, 5.74) is 0. The van der Waals surface area contributed by atoms with Crippen molar-refractivity contribution in [2.45, 2.75) is 32.2 Å². The van der Waals surface area contributed by atoms with Gasteiger partial charge in [0.05, 0.1) is 31.5 Å². The largest absolute Gasteiger partial charge is 0.491 e. The maximum Gasteiger partial charge on any atom is 0.119 e. The number of benzene rings is 1. The van der Waals surface area contributed by atoms with Gasteiger partial charge >= 0.3 is 0 Å². The van der Waals surface area contributed by atoms with E-state index in [-0.39, 0.29) is 12.2 Å². The lowest BCUT2D eigenvalue weighted by Crippen LogP contribution is -2.48. The van der Waals surface area contributed by atoms with Crippen molar-refractivity contribution < 1.29 is 19.3 Å². The first kappa shape index (κ1) is 18.7. The number of ether oxygens (including phenoxy) is 3. The van der Waals surface area contributed by atoms with Crippen LogP contribution in [0.1, 0.15) is 13.8 Å². The number of morpholine rings is 1. The van der Waals surface area contributed by atoms with Gasteiger partial charge in [-0.2, -0.15) is 0 Å². The van der Waals surface area contributed by atoms with Gasteiger partial charge in [-0.1, -0.05) is 15.9 Å². The summed E-state index contributed by atoms with van der Waals surface area (Å²) >= 11 is 3.38. The topological polar surface area (TPSA) is 51.2 Å². The van der Waals surface area contributed by atoms with Gasteiger partial charge in [0.2, 0.25) is 0 Å². The highest BCUT2D eigenvalue weighted by molar-refractivity contribution is 9.10. The van der Waals surface area contributed by atoms with Gasteiger partial charge in [0, 0.05) is 24.1 Å². The highest BCUT2D eigenvalue weighted by Gasteiger charge is 2.23. The van der Waals surface area contributed by atoms with Gasteiger partial charge in [0.15, 0.2) is 0 Å². The lowest BCUT2D eigenvalue weighted by atomic mass is 10.2. The molecule has 1 aromatic carbocycles. The normalized spacial score (nSPS) is 23.7. The van der Waals surface area contributed by atoms with E-state index in [9.17, 15) is 5.11 Å². The smallest absolute Gasteiger partial charge is 0.119 e. The molecule has 1 fully saturated rings. The fourth-order valence-corrected chi connectivity index (χ4v) is 3.02. The SMILES string of the molecule is C[C@@H]1CN(C[C@@H](O)COCCOc2ccc(Br)cc2)C[C@H](C)O1. The summed E-state index contributed by atoms with van der Waals surface area (Å²) in [6.45, 7) is 7.70. The summed E-state index contributed by atoms with van der Waals surface area (Å²) in [6.07, 6.45) is -0.0578. The minimum Gasteiger partial charge on any atom is -0.491 e. The van der Waals surface area contributed by atoms with E-state index in [0.29, 0.717) is 26.4 Å². The van der Waals surface area contributed by atoms with Gasteiger partial charge in [-0.25, -0.2) is 0 Å². The first-order valence-corrected chi connectivity index (χ1v) is 8.84. The van der Waals surface area contributed by atoms with Gasteiger partial charge in [0.1, 0.15) is 12.4 Å². The van der Waals surface area contributed by atoms with Crippen molar-refractivity contribution in [1.82, 2.24) is 4.90 Å². The zero-order chi connectivity index (χ0) is 16.7. The molecule has 23 heavy (non-hydrogen) atoms. The molecule has 130 valence electrons. The van der Waals surface area contributed by atoms with Gasteiger partial charge in [-0.3, -0.25) is 4.90 Å². The van der Waals surface area contributed by atoms with E-state index in [4.69, 9.17) is 14.2 Å². The standard InChI is InChI=1S/C17H26BrNO4/c1-13-9-19(10-14(2)23-13)11-16(20)12-21-7-8-22-17-5-3-15(18)4-6-17/h3-6,13-14,16,20H,7-12H2,1-2H3/t13-,14+,16-/m1/s1. The zero-order valence-corrected chi connectivity index (χ0v) is 15.4. The molecule has 1 aliphatic heterocycles. The second-order valence-electron chi connectivity index (χ2n) is 6.01. The molecule has 6 heteroatoms. The minimum absolute atomic E-state index is 0.214. The number of nitrogens with zero attached hydrogens (tertiary/aromatic N) is 1. The monoisotopic (exact) mass is 387 g/mol. The molecule has 1 saturated heterocycles. The van der Waals surface area contributed by atoms with E-state index in [1.165, 1.54) is 0 Å². The maximum atomic E-state index is 10.1. The van der Waals surface area contributed by atoms with Crippen LogP contribution in [-0.2, 0) is 9.47 Å². The molecule has 0 aliphatic carbocycles. The Morgan fingerprint density at radius 1 is 1.22 bits per heavy atom. The Kier molecular flexibility index (Phi) is 7.79. The maximum absolute atomic E-state index is 10.1. The molecule has 5 nitrogen and oxygen atoms in total. The number of hydrogen-bond acceptors (Lipinski definition) is 5. The lowest BCUT2D eigenvalue weighted by Gasteiger charge is -2.36. The molecule has 3 atom stereocenters. The average molecular weight is 388 g/mol. The summed E-state index contributed by atoms with van der Waals surface area (Å²) in [5.74, 6) is 0.814. The predicted octanol–water partition coefficient (Wildman–Crippen LogP) is 2.31. The zero-order valence-electron chi connectivity index (χ0n) is 13.8. The first-order valence-electron chi connectivity index (χ1n) is 8.05. The molecule has 0 radical (unpaired) electrons. The van der Waals surface area contributed by atoms with Crippen molar-refractivity contribution in [1.29, 1.82) is 0 Å². The van der Waals surface area contributed by atoms with Crippen LogP contribution >= 0.6 is 15.9 Å². The molecular weight excluding hydrogens is 362 g/mol. The van der Waals surface area contributed by atoms with Crippen molar-refractivity contribution in [2.75, 3.05) is 39.5 Å². The van der Waals surface area contributed by atoms with Crippen LogP contribution in [-0.4, -0.2) is 67.8 Å². The van der Waals surface area contributed by atoms with Crippen molar-refractivity contribution in [3.63, 3.8) is 0 Å².